The number of hydrogen-bond donors (Lipinski definition) is 1. The molecule has 0 amide bonds. The Balaban J connectivity index is 1.40. The van der Waals surface area contributed by atoms with E-state index in [1.165, 1.54) is 24.1 Å². The van der Waals surface area contributed by atoms with Crippen LogP contribution in [0.5, 0.6) is 0 Å². The molecule has 0 spiro atoms. The Bertz CT molecular complexity index is 727. The fourth-order valence-electron chi connectivity index (χ4n) is 3.26. The molecule has 1 fully saturated rings. The van der Waals surface area contributed by atoms with E-state index in [4.69, 9.17) is 27.9 Å². The van der Waals surface area contributed by atoms with Crippen molar-refractivity contribution in [2.24, 2.45) is 0 Å². The summed E-state index contributed by atoms with van der Waals surface area (Å²) in [6.07, 6.45) is 3.03. The highest BCUT2D eigenvalue weighted by Crippen LogP contribution is 2.32. The van der Waals surface area contributed by atoms with Crippen molar-refractivity contribution in [1.82, 2.24) is 9.62 Å². The lowest BCUT2D eigenvalue weighted by molar-refractivity contribution is 0.0547. The van der Waals surface area contributed by atoms with Crippen LogP contribution in [0.1, 0.15) is 18.4 Å². The molecule has 0 aliphatic carbocycles. The van der Waals surface area contributed by atoms with E-state index < -0.39 is 0 Å². The maximum atomic E-state index is 13.1. The van der Waals surface area contributed by atoms with Crippen LogP contribution in [-0.2, 0) is 11.2 Å². The largest absolute Gasteiger partial charge is 0.376 e. The third kappa shape index (κ3) is 6.90. The summed E-state index contributed by atoms with van der Waals surface area (Å²) in [5, 5.41) is 1.33. The van der Waals surface area contributed by atoms with Crippen LogP contribution in [0.4, 0.5) is 4.39 Å². The van der Waals surface area contributed by atoms with Gasteiger partial charge in [0.15, 0.2) is 0 Å². The Kier molecular flexibility index (Phi) is 8.90. The highest BCUT2D eigenvalue weighted by molar-refractivity contribution is 7.97. The molecule has 3 nitrogen and oxygen atoms in total. The number of halogens is 3. The van der Waals surface area contributed by atoms with Gasteiger partial charge in [0.25, 0.3) is 0 Å². The Morgan fingerprint density at radius 2 is 1.89 bits per heavy atom. The highest BCUT2D eigenvalue weighted by Gasteiger charge is 2.19. The smallest absolute Gasteiger partial charge is 0.123 e. The molecule has 1 unspecified atom stereocenters. The Labute approximate surface area is 180 Å². The van der Waals surface area contributed by atoms with Crippen molar-refractivity contribution < 1.29 is 9.13 Å². The second-order valence-electron chi connectivity index (χ2n) is 6.88. The fourth-order valence-corrected chi connectivity index (χ4v) is 4.61. The summed E-state index contributed by atoms with van der Waals surface area (Å²) in [7, 11) is 0. The molecule has 0 aromatic heterocycles. The normalized spacial score (nSPS) is 18.2. The van der Waals surface area contributed by atoms with E-state index in [1.54, 1.807) is 0 Å². The molecule has 0 saturated carbocycles. The van der Waals surface area contributed by atoms with Crippen molar-refractivity contribution in [3.05, 3.63) is 63.9 Å². The van der Waals surface area contributed by atoms with Crippen molar-refractivity contribution >= 4 is 35.1 Å². The zero-order valence-electron chi connectivity index (χ0n) is 15.7. The van der Waals surface area contributed by atoms with E-state index >= 15 is 0 Å². The summed E-state index contributed by atoms with van der Waals surface area (Å²) in [6.45, 7) is 4.60. The minimum absolute atomic E-state index is 0.150. The van der Waals surface area contributed by atoms with Crippen LogP contribution in [0.2, 0.25) is 10.0 Å². The standard InChI is InChI=1S/C21H25Cl2FN2OS/c22-19-4-1-5-20(23)21(19)28-25-10-2-11-26-12-3-13-27-18(15-26)14-16-6-8-17(24)9-7-16/h1,4-9,18,25H,2-3,10-15H2. The summed E-state index contributed by atoms with van der Waals surface area (Å²) in [4.78, 5) is 3.32. The van der Waals surface area contributed by atoms with Crippen molar-refractivity contribution in [2.45, 2.75) is 30.3 Å². The molecule has 152 valence electrons. The van der Waals surface area contributed by atoms with E-state index in [1.807, 2.05) is 30.3 Å². The van der Waals surface area contributed by atoms with Gasteiger partial charge in [-0.25, -0.2) is 4.39 Å². The molecule has 3 rings (SSSR count). The lowest BCUT2D eigenvalue weighted by Gasteiger charge is -2.24. The van der Waals surface area contributed by atoms with Gasteiger partial charge in [-0.1, -0.05) is 41.4 Å². The molecule has 1 aliphatic rings. The minimum atomic E-state index is -0.199. The maximum absolute atomic E-state index is 13.1. The SMILES string of the molecule is Fc1ccc(CC2CN(CCCNSc3c(Cl)cccc3Cl)CCCO2)cc1. The van der Waals surface area contributed by atoms with Gasteiger partial charge in [-0.05, 0) is 67.6 Å². The first-order valence-corrected chi connectivity index (χ1v) is 11.1. The molecular formula is C21H25Cl2FN2OS. The van der Waals surface area contributed by atoms with E-state index in [0.717, 1.165) is 62.5 Å². The molecule has 0 bridgehead atoms. The first-order valence-electron chi connectivity index (χ1n) is 9.54. The molecule has 2 aromatic carbocycles. The first kappa shape index (κ1) is 21.9. The summed E-state index contributed by atoms with van der Waals surface area (Å²) >= 11 is 13.9. The first-order chi connectivity index (χ1) is 13.6. The third-order valence-corrected chi connectivity index (χ3v) is 6.50. The van der Waals surface area contributed by atoms with Gasteiger partial charge in [0.1, 0.15) is 5.82 Å². The lowest BCUT2D eigenvalue weighted by atomic mass is 10.1. The monoisotopic (exact) mass is 442 g/mol. The predicted molar refractivity (Wildman–Crippen MR) is 116 cm³/mol. The van der Waals surface area contributed by atoms with Crippen LogP contribution in [0.3, 0.4) is 0 Å². The number of benzene rings is 2. The number of nitrogens with one attached hydrogen (secondary N) is 1. The van der Waals surface area contributed by atoms with Gasteiger partial charge in [0, 0.05) is 26.2 Å². The Morgan fingerprint density at radius 1 is 1.14 bits per heavy atom. The van der Waals surface area contributed by atoms with Gasteiger partial charge in [-0.3, -0.25) is 4.72 Å². The highest BCUT2D eigenvalue weighted by atomic mass is 35.5. The quantitative estimate of drug-likeness (QED) is 0.433. The van der Waals surface area contributed by atoms with Crippen LogP contribution >= 0.6 is 35.1 Å². The van der Waals surface area contributed by atoms with E-state index in [-0.39, 0.29) is 11.9 Å². The molecule has 1 aliphatic heterocycles. The molecular weight excluding hydrogens is 418 g/mol. The number of ether oxygens (including phenoxy) is 1. The van der Waals surface area contributed by atoms with Gasteiger partial charge >= 0.3 is 0 Å². The number of rotatable bonds is 8. The topological polar surface area (TPSA) is 24.5 Å². The maximum Gasteiger partial charge on any atom is 0.123 e. The zero-order valence-corrected chi connectivity index (χ0v) is 18.0. The minimum Gasteiger partial charge on any atom is -0.376 e. The van der Waals surface area contributed by atoms with Gasteiger partial charge in [0.2, 0.25) is 0 Å². The molecule has 0 radical (unpaired) electrons. The zero-order chi connectivity index (χ0) is 19.8. The molecule has 1 saturated heterocycles. The van der Waals surface area contributed by atoms with Crippen LogP contribution < -0.4 is 4.72 Å². The van der Waals surface area contributed by atoms with Crippen molar-refractivity contribution in [3.63, 3.8) is 0 Å². The molecule has 1 atom stereocenters. The van der Waals surface area contributed by atoms with E-state index in [0.29, 0.717) is 10.0 Å². The molecule has 7 heteroatoms. The summed E-state index contributed by atoms with van der Waals surface area (Å²) in [5.74, 6) is -0.199. The van der Waals surface area contributed by atoms with Crippen molar-refractivity contribution in [3.8, 4) is 0 Å². The predicted octanol–water partition coefficient (Wildman–Crippen LogP) is 5.45. The molecule has 28 heavy (non-hydrogen) atoms. The third-order valence-electron chi connectivity index (χ3n) is 4.66. The van der Waals surface area contributed by atoms with Crippen LogP contribution in [-0.4, -0.2) is 43.8 Å². The second-order valence-corrected chi connectivity index (χ2v) is 8.59. The number of hydrogen-bond acceptors (Lipinski definition) is 4. The van der Waals surface area contributed by atoms with Crippen LogP contribution in [0.15, 0.2) is 47.4 Å². The molecule has 1 N–H and O–H groups in total. The second kappa shape index (κ2) is 11.4. The van der Waals surface area contributed by atoms with E-state index in [9.17, 15) is 4.39 Å². The summed E-state index contributed by atoms with van der Waals surface area (Å²) < 4.78 is 22.4. The average Bonchev–Trinajstić information content (AvgIpc) is 2.90. The van der Waals surface area contributed by atoms with Gasteiger partial charge in [0.05, 0.1) is 21.0 Å². The lowest BCUT2D eigenvalue weighted by Crippen LogP contribution is -2.34. The summed E-state index contributed by atoms with van der Waals surface area (Å²) in [6, 6.07) is 12.2. The van der Waals surface area contributed by atoms with Crippen LogP contribution in [0, 0.1) is 5.82 Å². The van der Waals surface area contributed by atoms with Gasteiger partial charge < -0.3 is 9.64 Å². The molecule has 2 aromatic rings. The summed E-state index contributed by atoms with van der Waals surface area (Å²) in [5.41, 5.74) is 1.11. The van der Waals surface area contributed by atoms with Crippen molar-refractivity contribution in [2.75, 3.05) is 32.8 Å². The van der Waals surface area contributed by atoms with Crippen LogP contribution in [0.25, 0.3) is 0 Å². The number of nitrogens with zero attached hydrogens (tertiary/aromatic N) is 1. The molecule has 1 heterocycles. The van der Waals surface area contributed by atoms with Crippen molar-refractivity contribution in [1.29, 1.82) is 0 Å². The Morgan fingerprint density at radius 3 is 2.64 bits per heavy atom. The van der Waals surface area contributed by atoms with E-state index in [2.05, 4.69) is 9.62 Å². The Hall–Kier alpha value is -0.820. The fraction of sp³-hybridized carbons (Fsp3) is 0.429. The van der Waals surface area contributed by atoms with Gasteiger partial charge in [-0.15, -0.1) is 0 Å². The average molecular weight is 443 g/mol. The van der Waals surface area contributed by atoms with Gasteiger partial charge in [-0.2, -0.15) is 0 Å².